The van der Waals surface area contributed by atoms with Gasteiger partial charge in [0.15, 0.2) is 0 Å². The summed E-state index contributed by atoms with van der Waals surface area (Å²) in [7, 11) is 1.65. The first-order chi connectivity index (χ1) is 13.6. The van der Waals surface area contributed by atoms with E-state index in [0.717, 1.165) is 42.1 Å². The highest BCUT2D eigenvalue weighted by atomic mass is 35.5. The highest BCUT2D eigenvalue weighted by Crippen LogP contribution is 2.24. The predicted molar refractivity (Wildman–Crippen MR) is 112 cm³/mol. The molecule has 0 saturated heterocycles. The third kappa shape index (κ3) is 4.73. The number of amides is 1. The van der Waals surface area contributed by atoms with Gasteiger partial charge in [-0.05, 0) is 49.1 Å². The summed E-state index contributed by atoms with van der Waals surface area (Å²) in [5, 5.41) is 11.0. The lowest BCUT2D eigenvalue weighted by Crippen LogP contribution is -2.14. The van der Waals surface area contributed by atoms with Crippen LogP contribution in [0.5, 0.6) is 5.75 Å². The molecule has 0 aliphatic rings. The molecule has 1 aromatic heterocycles. The van der Waals surface area contributed by atoms with Crippen LogP contribution in [0.4, 0.5) is 5.69 Å². The van der Waals surface area contributed by atoms with Crippen molar-refractivity contribution < 1.29 is 9.53 Å². The normalized spacial score (nSPS) is 10.7. The molecule has 0 radical (unpaired) electrons. The average Bonchev–Trinajstić information content (AvgIpc) is 3.08. The number of carbonyl (C=O) groups is 1. The van der Waals surface area contributed by atoms with Crippen molar-refractivity contribution in [2.75, 3.05) is 12.4 Å². The number of methoxy groups -OCH3 is 1. The van der Waals surface area contributed by atoms with E-state index in [1.165, 1.54) is 5.56 Å². The van der Waals surface area contributed by atoms with Gasteiger partial charge in [-0.1, -0.05) is 49.2 Å². The van der Waals surface area contributed by atoms with Crippen LogP contribution in [0.25, 0.3) is 0 Å². The van der Waals surface area contributed by atoms with Crippen LogP contribution in [-0.4, -0.2) is 23.2 Å². The third-order valence-electron chi connectivity index (χ3n) is 4.58. The highest BCUT2D eigenvalue weighted by molar-refractivity contribution is 6.34. The molecule has 0 unspecified atom stereocenters. The molecule has 2 aromatic carbocycles. The number of anilines is 1. The lowest BCUT2D eigenvalue weighted by atomic mass is 10.1. The van der Waals surface area contributed by atoms with Crippen molar-refractivity contribution in [2.24, 2.45) is 0 Å². The van der Waals surface area contributed by atoms with E-state index in [1.807, 2.05) is 24.3 Å². The summed E-state index contributed by atoms with van der Waals surface area (Å²) in [6.45, 7) is 2.09. The summed E-state index contributed by atoms with van der Waals surface area (Å²) in [5.74, 6) is 0.608. The Morgan fingerprint density at radius 1 is 1.11 bits per heavy atom. The minimum absolute atomic E-state index is 0.227. The molecule has 3 aromatic rings. The Bertz CT molecular complexity index is 935. The number of aromatic amines is 1. The maximum Gasteiger partial charge on any atom is 0.257 e. The fourth-order valence-corrected chi connectivity index (χ4v) is 3.28. The fourth-order valence-electron chi connectivity index (χ4n) is 3.06. The second-order valence-corrected chi connectivity index (χ2v) is 6.96. The van der Waals surface area contributed by atoms with E-state index in [-0.39, 0.29) is 5.91 Å². The molecule has 3 rings (SSSR count). The number of ether oxygens (including phenoxy) is 1. The standard InChI is InChI=1S/C22H24ClN3O2/c1-3-6-19-21(24-22(27)17-7-4-5-8-18(17)23)20(26-25-19)14-11-15-9-12-16(28-2)13-10-15/h4-5,7-10,12-13H,3,6,11,14H2,1-2H3,(H,24,27)(H,25,26). The van der Waals surface area contributed by atoms with Gasteiger partial charge >= 0.3 is 0 Å². The molecule has 1 amide bonds. The van der Waals surface area contributed by atoms with Gasteiger partial charge in [0.1, 0.15) is 5.75 Å². The van der Waals surface area contributed by atoms with Crippen molar-refractivity contribution in [2.45, 2.75) is 32.6 Å². The summed E-state index contributed by atoms with van der Waals surface area (Å²) >= 11 is 6.17. The largest absolute Gasteiger partial charge is 0.497 e. The van der Waals surface area contributed by atoms with E-state index in [4.69, 9.17) is 16.3 Å². The second-order valence-electron chi connectivity index (χ2n) is 6.56. The third-order valence-corrected chi connectivity index (χ3v) is 4.91. The van der Waals surface area contributed by atoms with Crippen LogP contribution < -0.4 is 10.1 Å². The van der Waals surface area contributed by atoms with Crippen molar-refractivity contribution in [1.82, 2.24) is 10.2 Å². The van der Waals surface area contributed by atoms with E-state index in [1.54, 1.807) is 31.4 Å². The van der Waals surface area contributed by atoms with Gasteiger partial charge in [0, 0.05) is 0 Å². The number of rotatable bonds is 8. The zero-order valence-corrected chi connectivity index (χ0v) is 16.8. The molecule has 0 bridgehead atoms. The number of hydrogen-bond acceptors (Lipinski definition) is 3. The number of nitrogens with one attached hydrogen (secondary N) is 2. The monoisotopic (exact) mass is 397 g/mol. The lowest BCUT2D eigenvalue weighted by molar-refractivity contribution is 0.102. The quantitative estimate of drug-likeness (QED) is 0.558. The van der Waals surface area contributed by atoms with Gasteiger partial charge in [0.05, 0.1) is 34.8 Å². The molecule has 6 heteroatoms. The van der Waals surface area contributed by atoms with E-state index in [9.17, 15) is 4.79 Å². The SMILES string of the molecule is CCCc1[nH]nc(CCc2ccc(OC)cc2)c1NC(=O)c1ccccc1Cl. The zero-order valence-electron chi connectivity index (χ0n) is 16.1. The van der Waals surface area contributed by atoms with Crippen LogP contribution >= 0.6 is 11.6 Å². The zero-order chi connectivity index (χ0) is 19.9. The highest BCUT2D eigenvalue weighted by Gasteiger charge is 2.17. The molecular formula is C22H24ClN3O2. The van der Waals surface area contributed by atoms with Crippen LogP contribution in [0.2, 0.25) is 5.02 Å². The number of carbonyl (C=O) groups excluding carboxylic acids is 1. The Morgan fingerprint density at radius 2 is 1.86 bits per heavy atom. The summed E-state index contributed by atoms with van der Waals surface area (Å²) in [4.78, 5) is 12.7. The Balaban J connectivity index is 1.78. The summed E-state index contributed by atoms with van der Waals surface area (Å²) in [6.07, 6.45) is 3.29. The van der Waals surface area contributed by atoms with Crippen molar-refractivity contribution in [3.8, 4) is 5.75 Å². The summed E-state index contributed by atoms with van der Waals surface area (Å²) < 4.78 is 5.20. The van der Waals surface area contributed by atoms with Gasteiger partial charge < -0.3 is 10.1 Å². The molecule has 1 heterocycles. The summed E-state index contributed by atoms with van der Waals surface area (Å²) in [6, 6.07) is 15.0. The van der Waals surface area contributed by atoms with Gasteiger partial charge in [0.25, 0.3) is 5.91 Å². The number of benzene rings is 2. The van der Waals surface area contributed by atoms with E-state index < -0.39 is 0 Å². The van der Waals surface area contributed by atoms with Crippen molar-refractivity contribution in [3.05, 3.63) is 76.1 Å². The number of aromatic nitrogens is 2. The van der Waals surface area contributed by atoms with Crippen molar-refractivity contribution >= 4 is 23.2 Å². The van der Waals surface area contributed by atoms with Crippen molar-refractivity contribution in [3.63, 3.8) is 0 Å². The van der Waals surface area contributed by atoms with Crippen LogP contribution in [0, 0.1) is 0 Å². The number of halogens is 1. The minimum Gasteiger partial charge on any atom is -0.497 e. The van der Waals surface area contributed by atoms with Gasteiger partial charge in [-0.15, -0.1) is 0 Å². The Morgan fingerprint density at radius 3 is 2.54 bits per heavy atom. The first-order valence-electron chi connectivity index (χ1n) is 9.37. The maximum atomic E-state index is 12.7. The first kappa shape index (κ1) is 20.0. The number of H-pyrrole nitrogens is 1. The van der Waals surface area contributed by atoms with Gasteiger partial charge in [-0.2, -0.15) is 5.10 Å². The second kappa shape index (κ2) is 9.42. The Labute approximate surface area is 170 Å². The van der Waals surface area contributed by atoms with E-state index >= 15 is 0 Å². The van der Waals surface area contributed by atoms with E-state index in [2.05, 4.69) is 22.4 Å². The molecule has 28 heavy (non-hydrogen) atoms. The van der Waals surface area contributed by atoms with Crippen LogP contribution in [-0.2, 0) is 19.3 Å². The van der Waals surface area contributed by atoms with Gasteiger partial charge in [-0.3, -0.25) is 9.89 Å². The van der Waals surface area contributed by atoms with E-state index in [0.29, 0.717) is 17.0 Å². The molecule has 0 spiro atoms. The Hall–Kier alpha value is -2.79. The van der Waals surface area contributed by atoms with Crippen LogP contribution in [0.15, 0.2) is 48.5 Å². The molecule has 2 N–H and O–H groups in total. The summed E-state index contributed by atoms with van der Waals surface area (Å²) in [5.41, 5.74) is 4.19. The molecule has 5 nitrogen and oxygen atoms in total. The smallest absolute Gasteiger partial charge is 0.257 e. The number of hydrogen-bond donors (Lipinski definition) is 2. The molecule has 0 fully saturated rings. The van der Waals surface area contributed by atoms with Crippen molar-refractivity contribution in [1.29, 1.82) is 0 Å². The molecule has 0 saturated carbocycles. The molecule has 146 valence electrons. The molecule has 0 aliphatic heterocycles. The predicted octanol–water partition coefficient (Wildman–Crippen LogP) is 5.06. The average molecular weight is 398 g/mol. The minimum atomic E-state index is -0.227. The number of nitrogens with zero attached hydrogens (tertiary/aromatic N) is 1. The number of aryl methyl sites for hydroxylation is 3. The topological polar surface area (TPSA) is 67.0 Å². The van der Waals surface area contributed by atoms with Gasteiger partial charge in [0.2, 0.25) is 0 Å². The lowest BCUT2D eigenvalue weighted by Gasteiger charge is -2.10. The Kier molecular flexibility index (Phi) is 6.71. The molecular weight excluding hydrogens is 374 g/mol. The van der Waals surface area contributed by atoms with Gasteiger partial charge in [-0.25, -0.2) is 0 Å². The van der Waals surface area contributed by atoms with Crippen LogP contribution in [0.1, 0.15) is 40.7 Å². The maximum absolute atomic E-state index is 12.7. The fraction of sp³-hybridized carbons (Fsp3) is 0.273. The molecule has 0 aliphatic carbocycles. The van der Waals surface area contributed by atoms with Crippen LogP contribution in [0.3, 0.4) is 0 Å². The molecule has 0 atom stereocenters. The first-order valence-corrected chi connectivity index (χ1v) is 9.75.